The first-order chi connectivity index (χ1) is 20.7. The standard InChI is InChI=1S/C12H24O6.C10H8O6S2.2CH5N3/c1-2-14-5-6-16-9-10-18-12-11-17-8-7-15-4-3-13-1;11-17(12,13)9-5-1-3-7-8(9)4-2-6-10(7)18(14,15)16;2*2-1(3)4/h1-12H2;1-6H,(H,11,12,13)(H,14,15,16);2*(H5,2,3,4). The zero-order chi connectivity index (χ0) is 33.4. The second-order valence-corrected chi connectivity index (χ2v) is 10.9. The van der Waals surface area contributed by atoms with Crippen LogP contribution in [0.25, 0.3) is 10.8 Å². The molecule has 0 unspecified atom stereocenters. The summed E-state index contributed by atoms with van der Waals surface area (Å²) in [5.41, 5.74) is 18.3. The van der Waals surface area contributed by atoms with Crippen LogP contribution in [0.4, 0.5) is 0 Å². The number of nitrogens with two attached hydrogens (primary N) is 6. The Kier molecular flexibility index (Phi) is 21.6. The van der Waals surface area contributed by atoms with Gasteiger partial charge in [-0.25, -0.2) is 16.8 Å². The van der Waals surface area contributed by atoms with Gasteiger partial charge in [0.15, 0.2) is 0 Å². The molecule has 1 aliphatic heterocycles. The summed E-state index contributed by atoms with van der Waals surface area (Å²) in [6, 6.07) is 7.09. The van der Waals surface area contributed by atoms with Crippen molar-refractivity contribution in [2.24, 2.45) is 22.9 Å². The minimum Gasteiger partial charge on any atom is -0.744 e. The minimum atomic E-state index is -4.74. The first kappa shape index (κ1) is 40.8. The van der Waals surface area contributed by atoms with E-state index in [0.717, 1.165) is 12.1 Å². The first-order valence-corrected chi connectivity index (χ1v) is 15.7. The molecule has 12 N–H and O–H groups in total. The summed E-state index contributed by atoms with van der Waals surface area (Å²) < 4.78 is 98.1. The van der Waals surface area contributed by atoms with Crippen molar-refractivity contribution in [3.8, 4) is 0 Å². The van der Waals surface area contributed by atoms with Crippen molar-refractivity contribution in [1.29, 1.82) is 0 Å². The molecule has 2 aromatic rings. The largest absolute Gasteiger partial charge is 0.744 e. The Labute approximate surface area is 256 Å². The molecule has 0 atom stereocenters. The van der Waals surface area contributed by atoms with E-state index in [0.29, 0.717) is 79.3 Å². The van der Waals surface area contributed by atoms with Gasteiger partial charge in [-0.3, -0.25) is 33.8 Å². The second-order valence-electron chi connectivity index (χ2n) is 8.19. The maximum absolute atomic E-state index is 11.0. The summed E-state index contributed by atoms with van der Waals surface area (Å²) in [5, 5.41) is 9.01. The number of hydrogen-bond donors (Lipinski definition) is 6. The van der Waals surface area contributed by atoms with Gasteiger partial charge in [0, 0.05) is 10.8 Å². The van der Waals surface area contributed by atoms with Crippen LogP contribution in [-0.2, 0) is 48.7 Å². The van der Waals surface area contributed by atoms with Crippen LogP contribution < -0.4 is 33.8 Å². The molecule has 1 saturated heterocycles. The Balaban J connectivity index is 0.000000676. The monoisotopic (exact) mass is 670 g/mol. The van der Waals surface area contributed by atoms with E-state index >= 15 is 0 Å². The van der Waals surface area contributed by atoms with Crippen molar-refractivity contribution in [2.45, 2.75) is 9.79 Å². The predicted molar refractivity (Wildman–Crippen MR) is 155 cm³/mol. The van der Waals surface area contributed by atoms with E-state index in [1.807, 2.05) is 0 Å². The van der Waals surface area contributed by atoms with E-state index in [-0.39, 0.29) is 22.7 Å². The van der Waals surface area contributed by atoms with Crippen molar-refractivity contribution in [1.82, 2.24) is 0 Å². The Morgan fingerprint density at radius 1 is 0.500 bits per heavy atom. The van der Waals surface area contributed by atoms with E-state index in [2.05, 4.69) is 33.8 Å². The molecule has 20 heteroatoms. The summed E-state index contributed by atoms with van der Waals surface area (Å²) in [5.74, 6) is -0.167. The molecule has 1 aliphatic rings. The maximum Gasteiger partial charge on any atom is 0.336 e. The lowest BCUT2D eigenvalue weighted by Gasteiger charge is -2.14. The Morgan fingerprint density at radius 2 is 0.682 bits per heavy atom. The molecular weight excluding hydrogens is 628 g/mol. The Hall–Kier alpha value is -3.18. The molecule has 2 aromatic carbocycles. The third-order valence-electron chi connectivity index (χ3n) is 4.61. The van der Waals surface area contributed by atoms with Gasteiger partial charge in [-0.05, 0) is 12.1 Å². The van der Waals surface area contributed by atoms with Gasteiger partial charge in [-0.2, -0.15) is 0 Å². The maximum atomic E-state index is 11.0. The van der Waals surface area contributed by atoms with Gasteiger partial charge in [0.2, 0.25) is 0 Å². The summed E-state index contributed by atoms with van der Waals surface area (Å²) in [6.45, 7) is 7.04. The molecule has 0 radical (unpaired) electrons. The third-order valence-corrected chi connectivity index (χ3v) is 6.40. The molecular formula is C24H42N6O12S2. The van der Waals surface area contributed by atoms with Crippen LogP contribution in [0, 0.1) is 0 Å². The number of ether oxygens (including phenoxy) is 6. The number of benzene rings is 2. The van der Waals surface area contributed by atoms with Gasteiger partial charge >= 0.3 is 11.9 Å². The molecule has 1 heterocycles. The lowest BCUT2D eigenvalue weighted by molar-refractivity contribution is -0.117. The van der Waals surface area contributed by atoms with Gasteiger partial charge in [0.1, 0.15) is 20.2 Å². The van der Waals surface area contributed by atoms with Gasteiger partial charge in [0.05, 0.1) is 89.1 Å². The average Bonchev–Trinajstić information content (AvgIpc) is 2.91. The highest BCUT2D eigenvalue weighted by atomic mass is 32.2. The van der Waals surface area contributed by atoms with Crippen LogP contribution in [0.2, 0.25) is 0 Å². The van der Waals surface area contributed by atoms with Gasteiger partial charge < -0.3 is 37.5 Å². The molecule has 3 rings (SSSR count). The van der Waals surface area contributed by atoms with E-state index < -0.39 is 30.0 Å². The number of guanidine groups is 2. The second kappa shape index (κ2) is 23.2. The van der Waals surface area contributed by atoms with Crippen molar-refractivity contribution in [3.63, 3.8) is 0 Å². The minimum absolute atomic E-state index is 0.0792. The Bertz CT molecular complexity index is 1160. The third kappa shape index (κ3) is 21.5. The zero-order valence-corrected chi connectivity index (χ0v) is 25.8. The van der Waals surface area contributed by atoms with Gasteiger partial charge in [0.25, 0.3) is 0 Å². The highest BCUT2D eigenvalue weighted by Gasteiger charge is 2.12. The van der Waals surface area contributed by atoms with Crippen molar-refractivity contribution >= 4 is 42.9 Å². The molecule has 0 bridgehead atoms. The van der Waals surface area contributed by atoms with Crippen LogP contribution in [0.1, 0.15) is 0 Å². The molecule has 18 nitrogen and oxygen atoms in total. The lowest BCUT2D eigenvalue weighted by Crippen LogP contribution is -2.51. The van der Waals surface area contributed by atoms with E-state index in [1.165, 1.54) is 24.3 Å². The van der Waals surface area contributed by atoms with Crippen LogP contribution in [0.5, 0.6) is 0 Å². The molecule has 1 fully saturated rings. The molecule has 0 spiro atoms. The van der Waals surface area contributed by atoms with E-state index in [9.17, 15) is 25.9 Å². The topological polar surface area (TPSA) is 325 Å². The summed E-state index contributed by atoms with van der Waals surface area (Å²) >= 11 is 0. The van der Waals surface area contributed by atoms with Crippen molar-refractivity contribution in [2.75, 3.05) is 79.3 Å². The molecule has 252 valence electrons. The fourth-order valence-corrected chi connectivity index (χ4v) is 4.39. The van der Waals surface area contributed by atoms with Crippen LogP contribution >= 0.6 is 0 Å². The quantitative estimate of drug-likeness (QED) is 0.0987. The highest BCUT2D eigenvalue weighted by Crippen LogP contribution is 2.27. The van der Waals surface area contributed by atoms with Crippen LogP contribution in [-0.4, -0.2) is 117 Å². The number of fused-ring (bicyclic) bond motifs is 1. The van der Waals surface area contributed by atoms with Crippen LogP contribution in [0.15, 0.2) is 46.2 Å². The first-order valence-electron chi connectivity index (χ1n) is 12.8. The predicted octanol–water partition coefficient (Wildman–Crippen LogP) is -5.21. The molecule has 0 saturated carbocycles. The molecule has 0 amide bonds. The SMILES string of the molecule is C1COCCOCCOCCOCCOCCO1.NC(N)=[NH2+].NC(N)=[NH2+].O=S(=O)([O-])c1cccc2c(S(=O)(=O)[O-])cccc12. The summed E-state index contributed by atoms with van der Waals surface area (Å²) in [4.78, 5) is -1.10. The van der Waals surface area contributed by atoms with Crippen LogP contribution in [0.3, 0.4) is 0 Å². The highest BCUT2D eigenvalue weighted by molar-refractivity contribution is 7.86. The summed E-state index contributed by atoms with van der Waals surface area (Å²) in [7, 11) is -9.48. The van der Waals surface area contributed by atoms with Gasteiger partial charge in [-0.1, -0.05) is 24.3 Å². The fourth-order valence-electron chi connectivity index (χ4n) is 3.01. The van der Waals surface area contributed by atoms with Crippen molar-refractivity contribution < 1.29 is 65.2 Å². The van der Waals surface area contributed by atoms with E-state index in [4.69, 9.17) is 28.4 Å². The molecule has 0 aliphatic carbocycles. The smallest absolute Gasteiger partial charge is 0.336 e. The summed E-state index contributed by atoms with van der Waals surface area (Å²) in [6.07, 6.45) is 0. The number of hydrogen-bond acceptors (Lipinski definition) is 12. The number of rotatable bonds is 2. The lowest BCUT2D eigenvalue weighted by atomic mass is 10.1. The molecule has 0 aromatic heterocycles. The zero-order valence-electron chi connectivity index (χ0n) is 24.1. The van der Waals surface area contributed by atoms with Gasteiger partial charge in [-0.15, -0.1) is 0 Å². The van der Waals surface area contributed by atoms with Crippen molar-refractivity contribution in [3.05, 3.63) is 36.4 Å². The fraction of sp³-hybridized carbons (Fsp3) is 0.500. The molecule has 44 heavy (non-hydrogen) atoms. The normalized spacial score (nSPS) is 16.1. The average molecular weight is 671 g/mol. The Morgan fingerprint density at radius 3 is 0.841 bits per heavy atom. The van der Waals surface area contributed by atoms with E-state index in [1.54, 1.807) is 0 Å².